The lowest BCUT2D eigenvalue weighted by Gasteiger charge is -2.35. The minimum atomic E-state index is -4.75. The van der Waals surface area contributed by atoms with E-state index in [0.717, 1.165) is 22.5 Å². The van der Waals surface area contributed by atoms with Crippen molar-refractivity contribution in [1.82, 2.24) is 4.98 Å². The summed E-state index contributed by atoms with van der Waals surface area (Å²) in [4.78, 5) is 14.6. The standard InChI is InChI=1S/C26H22F4N2O5S/c1-16-5-9-21(27)22(31-16)10-6-17-7-11-24-23(13-17)32(15-19(37-24)8-12-25(33)34)38(35,36)20-4-2-3-18(14-20)26(28,29)30/h2-7,9-11,13-14,19H,8,12,15H2,1H3,(H,33,34). The number of sulfonamides is 1. The van der Waals surface area contributed by atoms with Gasteiger partial charge in [-0.05, 0) is 67.4 Å². The second-order valence-electron chi connectivity index (χ2n) is 8.61. The van der Waals surface area contributed by atoms with Gasteiger partial charge in [0.15, 0.2) is 0 Å². The van der Waals surface area contributed by atoms with Crippen LogP contribution in [0.25, 0.3) is 12.2 Å². The van der Waals surface area contributed by atoms with Gasteiger partial charge in [0, 0.05) is 12.1 Å². The van der Waals surface area contributed by atoms with Crippen molar-refractivity contribution in [2.45, 2.75) is 36.9 Å². The number of fused-ring (bicyclic) bond motifs is 1. The fraction of sp³-hybridized carbons (Fsp3) is 0.231. The average Bonchev–Trinajstić information content (AvgIpc) is 2.87. The Bertz CT molecular complexity index is 1510. The van der Waals surface area contributed by atoms with Crippen LogP contribution in [0, 0.1) is 12.7 Å². The number of benzene rings is 2. The molecule has 0 spiro atoms. The molecular formula is C26H22F4N2O5S. The predicted molar refractivity (Wildman–Crippen MR) is 132 cm³/mol. The summed E-state index contributed by atoms with van der Waals surface area (Å²) in [7, 11) is -4.52. The molecule has 0 amide bonds. The van der Waals surface area contributed by atoms with Crippen LogP contribution in [0.2, 0.25) is 0 Å². The molecular weight excluding hydrogens is 528 g/mol. The highest BCUT2D eigenvalue weighted by Crippen LogP contribution is 2.40. The number of aryl methyl sites for hydroxylation is 1. The molecule has 0 aliphatic carbocycles. The Balaban J connectivity index is 1.76. The summed E-state index contributed by atoms with van der Waals surface area (Å²) in [5.41, 5.74) is 0.0349. The number of alkyl halides is 3. The summed E-state index contributed by atoms with van der Waals surface area (Å²) in [6.07, 6.45) is -3.01. The number of anilines is 1. The molecule has 0 saturated heterocycles. The summed E-state index contributed by atoms with van der Waals surface area (Å²) in [6, 6.07) is 10.6. The Hall–Kier alpha value is -3.93. The largest absolute Gasteiger partial charge is 0.486 e. The minimum absolute atomic E-state index is 0.0245. The van der Waals surface area contributed by atoms with Gasteiger partial charge >= 0.3 is 12.1 Å². The van der Waals surface area contributed by atoms with Gasteiger partial charge in [-0.1, -0.05) is 18.2 Å². The summed E-state index contributed by atoms with van der Waals surface area (Å²) < 4.78 is 87.9. The average molecular weight is 551 g/mol. The van der Waals surface area contributed by atoms with Gasteiger partial charge < -0.3 is 9.84 Å². The minimum Gasteiger partial charge on any atom is -0.486 e. The van der Waals surface area contributed by atoms with Crippen molar-refractivity contribution in [2.24, 2.45) is 0 Å². The molecule has 12 heteroatoms. The third-order valence-electron chi connectivity index (χ3n) is 5.79. The monoisotopic (exact) mass is 550 g/mol. The van der Waals surface area contributed by atoms with Crippen LogP contribution in [0.4, 0.5) is 23.2 Å². The van der Waals surface area contributed by atoms with Gasteiger partial charge in [0.25, 0.3) is 10.0 Å². The topological polar surface area (TPSA) is 96.8 Å². The molecule has 38 heavy (non-hydrogen) atoms. The Kier molecular flexibility index (Phi) is 7.45. The zero-order valence-electron chi connectivity index (χ0n) is 19.9. The molecule has 1 aliphatic heterocycles. The number of halogens is 4. The van der Waals surface area contributed by atoms with Crippen LogP contribution >= 0.6 is 0 Å². The number of aromatic nitrogens is 1. The van der Waals surface area contributed by atoms with E-state index in [2.05, 4.69) is 4.98 Å². The fourth-order valence-corrected chi connectivity index (χ4v) is 5.45. The van der Waals surface area contributed by atoms with E-state index in [4.69, 9.17) is 9.84 Å². The molecule has 0 fully saturated rings. The first-order valence-corrected chi connectivity index (χ1v) is 12.8. The zero-order chi connectivity index (χ0) is 27.7. The van der Waals surface area contributed by atoms with Crippen LogP contribution in [0.3, 0.4) is 0 Å². The number of carbonyl (C=O) groups is 1. The van der Waals surface area contributed by atoms with Crippen LogP contribution in [-0.4, -0.2) is 37.1 Å². The molecule has 1 unspecified atom stereocenters. The molecule has 200 valence electrons. The maximum Gasteiger partial charge on any atom is 0.416 e. The van der Waals surface area contributed by atoms with Gasteiger partial charge in [0.2, 0.25) is 0 Å². The van der Waals surface area contributed by atoms with Gasteiger partial charge in [0.05, 0.1) is 28.4 Å². The van der Waals surface area contributed by atoms with E-state index in [1.54, 1.807) is 13.0 Å². The number of ether oxygens (including phenoxy) is 1. The Morgan fingerprint density at radius 2 is 1.92 bits per heavy atom. The van der Waals surface area contributed by atoms with Crippen LogP contribution in [0.15, 0.2) is 59.5 Å². The number of carboxylic acid groups (broad SMARTS) is 1. The first kappa shape index (κ1) is 27.1. The smallest absolute Gasteiger partial charge is 0.416 e. The van der Waals surface area contributed by atoms with Crippen LogP contribution < -0.4 is 9.04 Å². The number of carboxylic acids is 1. The highest BCUT2D eigenvalue weighted by Gasteiger charge is 2.37. The van der Waals surface area contributed by atoms with E-state index in [1.165, 1.54) is 36.4 Å². The summed E-state index contributed by atoms with van der Waals surface area (Å²) >= 11 is 0. The van der Waals surface area contributed by atoms with Crippen LogP contribution in [0.5, 0.6) is 5.75 Å². The molecule has 0 saturated carbocycles. The first-order valence-electron chi connectivity index (χ1n) is 11.4. The Labute approximate surface area is 216 Å². The molecule has 1 atom stereocenters. The Morgan fingerprint density at radius 1 is 1.16 bits per heavy atom. The van der Waals surface area contributed by atoms with E-state index in [-0.39, 0.29) is 36.5 Å². The molecule has 0 bridgehead atoms. The van der Waals surface area contributed by atoms with Crippen molar-refractivity contribution >= 4 is 33.8 Å². The SMILES string of the molecule is Cc1ccc(F)c(C=Cc2ccc3c(c2)N(S(=O)(=O)c2cccc(C(F)(F)F)c2)CC(CCC(=O)O)O3)n1. The highest BCUT2D eigenvalue weighted by atomic mass is 32.2. The molecule has 1 aliphatic rings. The molecule has 0 radical (unpaired) electrons. The van der Waals surface area contributed by atoms with Gasteiger partial charge in [-0.25, -0.2) is 12.8 Å². The lowest BCUT2D eigenvalue weighted by atomic mass is 10.1. The molecule has 1 N–H and O–H groups in total. The summed E-state index contributed by atoms with van der Waals surface area (Å²) in [5, 5.41) is 9.04. The number of hydrogen-bond donors (Lipinski definition) is 1. The van der Waals surface area contributed by atoms with Crippen molar-refractivity contribution in [3.05, 3.63) is 82.9 Å². The summed E-state index contributed by atoms with van der Waals surface area (Å²) in [6.45, 7) is 1.38. The quantitative estimate of drug-likeness (QED) is 0.388. The number of hydrogen-bond acceptors (Lipinski definition) is 5. The molecule has 2 aromatic carbocycles. The van der Waals surface area contributed by atoms with Crippen LogP contribution in [0.1, 0.15) is 35.4 Å². The molecule has 3 aromatic rings. The lowest BCUT2D eigenvalue weighted by molar-refractivity contribution is -0.138. The van der Waals surface area contributed by atoms with Crippen molar-refractivity contribution < 1.29 is 40.6 Å². The third kappa shape index (κ3) is 5.96. The number of nitrogens with zero attached hydrogens (tertiary/aromatic N) is 2. The lowest BCUT2D eigenvalue weighted by Crippen LogP contribution is -2.43. The fourth-order valence-electron chi connectivity index (χ4n) is 3.91. The van der Waals surface area contributed by atoms with Crippen molar-refractivity contribution in [2.75, 3.05) is 10.8 Å². The van der Waals surface area contributed by atoms with Crippen molar-refractivity contribution in [3.63, 3.8) is 0 Å². The number of pyridine rings is 1. The van der Waals surface area contributed by atoms with Gasteiger partial charge in [-0.3, -0.25) is 14.1 Å². The van der Waals surface area contributed by atoms with E-state index in [0.29, 0.717) is 17.3 Å². The second-order valence-corrected chi connectivity index (χ2v) is 10.5. The van der Waals surface area contributed by atoms with E-state index < -0.39 is 44.5 Å². The molecule has 7 nitrogen and oxygen atoms in total. The van der Waals surface area contributed by atoms with Gasteiger partial charge in [0.1, 0.15) is 17.7 Å². The normalized spacial score (nSPS) is 15.8. The first-order chi connectivity index (χ1) is 17.8. The van der Waals surface area contributed by atoms with E-state index >= 15 is 0 Å². The highest BCUT2D eigenvalue weighted by molar-refractivity contribution is 7.92. The van der Waals surface area contributed by atoms with Gasteiger partial charge in [-0.15, -0.1) is 0 Å². The predicted octanol–water partition coefficient (Wildman–Crippen LogP) is 5.54. The van der Waals surface area contributed by atoms with Crippen LogP contribution in [-0.2, 0) is 21.0 Å². The maximum absolute atomic E-state index is 14.1. The zero-order valence-corrected chi connectivity index (χ0v) is 20.8. The van der Waals surface area contributed by atoms with E-state index in [1.807, 2.05) is 0 Å². The third-order valence-corrected chi connectivity index (χ3v) is 7.57. The number of aliphatic carboxylic acids is 1. The Morgan fingerprint density at radius 3 is 2.63 bits per heavy atom. The number of rotatable bonds is 7. The molecule has 4 rings (SSSR count). The second kappa shape index (κ2) is 10.4. The summed E-state index contributed by atoms with van der Waals surface area (Å²) in [5.74, 6) is -1.55. The maximum atomic E-state index is 14.1. The van der Waals surface area contributed by atoms with E-state index in [9.17, 15) is 30.8 Å². The molecule has 2 heterocycles. The molecule has 1 aromatic heterocycles. The van der Waals surface area contributed by atoms with Crippen molar-refractivity contribution in [1.29, 1.82) is 0 Å². The van der Waals surface area contributed by atoms with Gasteiger partial charge in [-0.2, -0.15) is 13.2 Å². The van der Waals surface area contributed by atoms with Crippen molar-refractivity contribution in [3.8, 4) is 5.75 Å².